The molecule has 0 saturated heterocycles. The Kier molecular flexibility index (Phi) is 3.66. The SMILES string of the molecule is CCc1c(N(C)C)nc(C)c(F)c1CC. The molecule has 2 nitrogen and oxygen atoms in total. The van der Waals surface area contributed by atoms with Crippen molar-refractivity contribution >= 4 is 5.82 Å². The Hall–Kier alpha value is -1.12. The zero-order valence-corrected chi connectivity index (χ0v) is 10.2. The molecule has 0 aliphatic heterocycles. The third-order valence-electron chi connectivity index (χ3n) is 2.62. The maximum Gasteiger partial charge on any atom is 0.148 e. The van der Waals surface area contributed by atoms with E-state index in [1.165, 1.54) is 0 Å². The molecule has 0 fully saturated rings. The minimum atomic E-state index is -0.139. The summed E-state index contributed by atoms with van der Waals surface area (Å²) in [5, 5.41) is 0. The summed E-state index contributed by atoms with van der Waals surface area (Å²) >= 11 is 0. The Morgan fingerprint density at radius 3 is 2.07 bits per heavy atom. The highest BCUT2D eigenvalue weighted by molar-refractivity contribution is 5.51. The van der Waals surface area contributed by atoms with Gasteiger partial charge in [-0.1, -0.05) is 13.8 Å². The van der Waals surface area contributed by atoms with Crippen LogP contribution in [0.5, 0.6) is 0 Å². The van der Waals surface area contributed by atoms with Crippen molar-refractivity contribution in [3.8, 4) is 0 Å². The van der Waals surface area contributed by atoms with E-state index in [2.05, 4.69) is 4.98 Å². The van der Waals surface area contributed by atoms with E-state index in [9.17, 15) is 4.39 Å². The maximum atomic E-state index is 13.8. The van der Waals surface area contributed by atoms with Gasteiger partial charge in [0.1, 0.15) is 11.6 Å². The molecule has 84 valence electrons. The molecule has 0 aliphatic rings. The van der Waals surface area contributed by atoms with Gasteiger partial charge in [-0.05, 0) is 25.3 Å². The van der Waals surface area contributed by atoms with E-state index < -0.39 is 0 Å². The normalized spacial score (nSPS) is 10.5. The van der Waals surface area contributed by atoms with E-state index in [1.54, 1.807) is 6.92 Å². The fraction of sp³-hybridized carbons (Fsp3) is 0.583. The van der Waals surface area contributed by atoms with Crippen LogP contribution in [0.1, 0.15) is 30.7 Å². The Morgan fingerprint density at radius 2 is 1.67 bits per heavy atom. The zero-order valence-electron chi connectivity index (χ0n) is 10.2. The Labute approximate surface area is 91.1 Å². The van der Waals surface area contributed by atoms with Gasteiger partial charge in [-0.3, -0.25) is 0 Å². The molecule has 1 heterocycles. The summed E-state index contributed by atoms with van der Waals surface area (Å²) in [6.07, 6.45) is 1.54. The van der Waals surface area contributed by atoms with Gasteiger partial charge in [0.2, 0.25) is 0 Å². The predicted molar refractivity (Wildman–Crippen MR) is 62.0 cm³/mol. The van der Waals surface area contributed by atoms with Crippen molar-refractivity contribution in [3.63, 3.8) is 0 Å². The first-order valence-electron chi connectivity index (χ1n) is 5.38. The largest absolute Gasteiger partial charge is 0.362 e. The van der Waals surface area contributed by atoms with Crippen LogP contribution in [0.2, 0.25) is 0 Å². The third-order valence-corrected chi connectivity index (χ3v) is 2.62. The number of aromatic nitrogens is 1. The molecule has 0 bridgehead atoms. The van der Waals surface area contributed by atoms with E-state index >= 15 is 0 Å². The second-order valence-electron chi connectivity index (χ2n) is 3.89. The van der Waals surface area contributed by atoms with Gasteiger partial charge < -0.3 is 4.90 Å². The van der Waals surface area contributed by atoms with Crippen LogP contribution in [-0.4, -0.2) is 19.1 Å². The second-order valence-corrected chi connectivity index (χ2v) is 3.89. The van der Waals surface area contributed by atoms with Crippen LogP contribution in [0.15, 0.2) is 0 Å². The highest BCUT2D eigenvalue weighted by Gasteiger charge is 2.16. The molecule has 0 saturated carbocycles. The average Bonchev–Trinajstić information content (AvgIpc) is 2.20. The molecule has 0 amide bonds. The van der Waals surface area contributed by atoms with E-state index in [-0.39, 0.29) is 5.82 Å². The van der Waals surface area contributed by atoms with Crippen molar-refractivity contribution in [2.45, 2.75) is 33.6 Å². The third kappa shape index (κ3) is 2.11. The van der Waals surface area contributed by atoms with Crippen LogP contribution in [0.25, 0.3) is 0 Å². The molecule has 1 aromatic rings. The molecule has 0 aromatic carbocycles. The van der Waals surface area contributed by atoms with E-state index in [0.29, 0.717) is 5.69 Å². The van der Waals surface area contributed by atoms with E-state index in [0.717, 1.165) is 29.8 Å². The number of rotatable bonds is 3. The minimum absolute atomic E-state index is 0.139. The lowest BCUT2D eigenvalue weighted by molar-refractivity contribution is 0.590. The quantitative estimate of drug-likeness (QED) is 0.762. The molecular formula is C12H19FN2. The van der Waals surface area contributed by atoms with E-state index in [1.807, 2.05) is 32.8 Å². The fourth-order valence-corrected chi connectivity index (χ4v) is 1.87. The summed E-state index contributed by atoms with van der Waals surface area (Å²) in [6.45, 7) is 5.75. The number of anilines is 1. The summed E-state index contributed by atoms with van der Waals surface area (Å²) < 4.78 is 13.8. The summed E-state index contributed by atoms with van der Waals surface area (Å²) in [7, 11) is 3.89. The van der Waals surface area contributed by atoms with Crippen molar-refractivity contribution < 1.29 is 4.39 Å². The number of pyridine rings is 1. The molecule has 1 rings (SSSR count). The smallest absolute Gasteiger partial charge is 0.148 e. The Bertz CT molecular complexity index is 359. The minimum Gasteiger partial charge on any atom is -0.362 e. The van der Waals surface area contributed by atoms with Gasteiger partial charge in [0.25, 0.3) is 0 Å². The number of aryl methyl sites for hydroxylation is 1. The Balaban J connectivity index is 3.47. The van der Waals surface area contributed by atoms with Crippen LogP contribution < -0.4 is 4.90 Å². The molecule has 0 N–H and O–H groups in total. The molecule has 1 aromatic heterocycles. The van der Waals surface area contributed by atoms with Crippen LogP contribution in [0.3, 0.4) is 0 Å². The van der Waals surface area contributed by atoms with Crippen molar-refractivity contribution in [3.05, 3.63) is 22.6 Å². The lowest BCUT2D eigenvalue weighted by Crippen LogP contribution is -2.16. The van der Waals surface area contributed by atoms with Crippen molar-refractivity contribution in [1.29, 1.82) is 0 Å². The van der Waals surface area contributed by atoms with E-state index in [4.69, 9.17) is 0 Å². The standard InChI is InChI=1S/C12H19FN2/c1-6-9-10(7-2)12(15(4)5)14-8(3)11(9)13/h6-7H2,1-5H3. The predicted octanol–water partition coefficient (Wildman–Crippen LogP) is 2.72. The molecule has 0 aliphatic carbocycles. The molecule has 0 atom stereocenters. The van der Waals surface area contributed by atoms with Gasteiger partial charge in [0.15, 0.2) is 0 Å². The average molecular weight is 210 g/mol. The van der Waals surface area contributed by atoms with Crippen molar-refractivity contribution in [2.75, 3.05) is 19.0 Å². The first-order valence-corrected chi connectivity index (χ1v) is 5.38. The van der Waals surface area contributed by atoms with Gasteiger partial charge in [-0.15, -0.1) is 0 Å². The topological polar surface area (TPSA) is 16.1 Å². The van der Waals surface area contributed by atoms with Gasteiger partial charge in [0.05, 0.1) is 5.69 Å². The lowest BCUT2D eigenvalue weighted by Gasteiger charge is -2.19. The van der Waals surface area contributed by atoms with Gasteiger partial charge >= 0.3 is 0 Å². The summed E-state index contributed by atoms with van der Waals surface area (Å²) in [6, 6.07) is 0. The number of hydrogen-bond donors (Lipinski definition) is 0. The molecule has 0 spiro atoms. The zero-order chi connectivity index (χ0) is 11.6. The first kappa shape index (κ1) is 12.0. The second kappa shape index (κ2) is 4.60. The fourth-order valence-electron chi connectivity index (χ4n) is 1.87. The van der Waals surface area contributed by atoms with Crippen LogP contribution in [0.4, 0.5) is 10.2 Å². The number of halogens is 1. The van der Waals surface area contributed by atoms with Gasteiger partial charge in [0, 0.05) is 19.7 Å². The van der Waals surface area contributed by atoms with Gasteiger partial charge in [-0.25, -0.2) is 9.37 Å². The van der Waals surface area contributed by atoms with Crippen LogP contribution in [0, 0.1) is 12.7 Å². The van der Waals surface area contributed by atoms with Crippen molar-refractivity contribution in [1.82, 2.24) is 4.98 Å². The molecule has 0 radical (unpaired) electrons. The van der Waals surface area contributed by atoms with Crippen LogP contribution in [-0.2, 0) is 12.8 Å². The summed E-state index contributed by atoms with van der Waals surface area (Å²) in [5.41, 5.74) is 2.34. The first-order chi connectivity index (χ1) is 7.02. The highest BCUT2D eigenvalue weighted by Crippen LogP contribution is 2.25. The van der Waals surface area contributed by atoms with Crippen LogP contribution >= 0.6 is 0 Å². The molecular weight excluding hydrogens is 191 g/mol. The van der Waals surface area contributed by atoms with Gasteiger partial charge in [-0.2, -0.15) is 0 Å². The highest BCUT2D eigenvalue weighted by atomic mass is 19.1. The lowest BCUT2D eigenvalue weighted by atomic mass is 10.0. The number of hydrogen-bond acceptors (Lipinski definition) is 2. The summed E-state index contributed by atoms with van der Waals surface area (Å²) in [4.78, 5) is 6.25. The molecule has 3 heteroatoms. The number of nitrogens with zero attached hydrogens (tertiary/aromatic N) is 2. The monoisotopic (exact) mass is 210 g/mol. The Morgan fingerprint density at radius 1 is 1.13 bits per heavy atom. The maximum absolute atomic E-state index is 13.8. The van der Waals surface area contributed by atoms with Crippen molar-refractivity contribution in [2.24, 2.45) is 0 Å². The summed E-state index contributed by atoms with van der Waals surface area (Å²) in [5.74, 6) is 0.758. The molecule has 15 heavy (non-hydrogen) atoms. The molecule has 0 unspecified atom stereocenters.